The summed E-state index contributed by atoms with van der Waals surface area (Å²) in [5, 5.41) is 20.8. The summed E-state index contributed by atoms with van der Waals surface area (Å²) in [5.74, 6) is -0.344. The smallest absolute Gasteiger partial charge is 0.263 e. The molecule has 1 amide bonds. The third-order valence-corrected chi connectivity index (χ3v) is 6.22. The minimum absolute atomic E-state index is 0.144. The van der Waals surface area contributed by atoms with Crippen LogP contribution in [0.2, 0.25) is 0 Å². The van der Waals surface area contributed by atoms with Crippen molar-refractivity contribution >= 4 is 44.8 Å². The monoisotopic (exact) mass is 489 g/mol. The molecule has 0 aliphatic carbocycles. The number of nitrogens with one attached hydrogen (secondary N) is 2. The molecular weight excluding hydrogens is 469 g/mol. The lowest BCUT2D eigenvalue weighted by Crippen LogP contribution is -2.17. The van der Waals surface area contributed by atoms with Crippen LogP contribution in [0, 0.1) is 12.7 Å². The number of fused-ring (bicyclic) bond motifs is 1. The van der Waals surface area contributed by atoms with Crippen LogP contribution >= 0.6 is 11.3 Å². The second kappa shape index (κ2) is 9.57. The van der Waals surface area contributed by atoms with E-state index in [-0.39, 0.29) is 18.0 Å². The van der Waals surface area contributed by atoms with Crippen LogP contribution in [-0.2, 0) is 13.2 Å². The predicted molar refractivity (Wildman–Crippen MR) is 131 cm³/mol. The van der Waals surface area contributed by atoms with Crippen LogP contribution in [0.25, 0.3) is 10.9 Å². The van der Waals surface area contributed by atoms with E-state index < -0.39 is 5.91 Å². The molecule has 0 unspecified atom stereocenters. The number of amides is 1. The molecule has 5 rings (SSSR count). The van der Waals surface area contributed by atoms with Crippen LogP contribution in [0.3, 0.4) is 0 Å². The van der Waals surface area contributed by atoms with Gasteiger partial charge in [-0.15, -0.1) is 0 Å². The van der Waals surface area contributed by atoms with Crippen LogP contribution < -0.4 is 10.6 Å². The number of hydrogen-bond acceptors (Lipinski definition) is 8. The van der Waals surface area contributed by atoms with Gasteiger partial charge in [0.25, 0.3) is 5.91 Å². The van der Waals surface area contributed by atoms with Gasteiger partial charge in [0, 0.05) is 17.3 Å². The van der Waals surface area contributed by atoms with Crippen molar-refractivity contribution in [3.05, 3.63) is 88.7 Å². The van der Waals surface area contributed by atoms with Gasteiger partial charge in [-0.25, -0.2) is 19.3 Å². The highest BCUT2D eigenvalue weighted by Crippen LogP contribution is 2.26. The van der Waals surface area contributed by atoms with Crippen molar-refractivity contribution in [2.75, 3.05) is 10.6 Å². The third kappa shape index (κ3) is 4.86. The molecule has 176 valence electrons. The number of carbonyl (C=O) groups excluding carboxylic acids is 1. The fourth-order valence-corrected chi connectivity index (χ4v) is 4.34. The van der Waals surface area contributed by atoms with Crippen molar-refractivity contribution in [3.8, 4) is 0 Å². The number of carbonyl (C=O) groups is 1. The molecule has 3 heterocycles. The summed E-state index contributed by atoms with van der Waals surface area (Å²) in [5.41, 5.74) is 3.21. The first kappa shape index (κ1) is 22.6. The number of aliphatic hydroxyl groups is 1. The first-order chi connectivity index (χ1) is 17.0. The van der Waals surface area contributed by atoms with Gasteiger partial charge >= 0.3 is 0 Å². The van der Waals surface area contributed by atoms with Gasteiger partial charge in [-0.05, 0) is 42.8 Å². The number of hydrogen-bond donors (Lipinski definition) is 3. The molecular formula is C24H20FN7O2S. The predicted octanol–water partition coefficient (Wildman–Crippen LogP) is 4.27. The van der Waals surface area contributed by atoms with E-state index in [4.69, 9.17) is 0 Å². The van der Waals surface area contributed by atoms with Crippen LogP contribution in [0.5, 0.6) is 0 Å². The van der Waals surface area contributed by atoms with Gasteiger partial charge in [-0.2, -0.15) is 5.10 Å². The number of aromatic nitrogens is 5. The Morgan fingerprint density at radius 3 is 2.83 bits per heavy atom. The molecule has 0 spiro atoms. The second-order valence-corrected chi connectivity index (χ2v) is 8.87. The van der Waals surface area contributed by atoms with Gasteiger partial charge in [-0.3, -0.25) is 14.8 Å². The molecule has 3 N–H and O–H groups in total. The normalized spacial score (nSPS) is 11.1. The van der Waals surface area contributed by atoms with Gasteiger partial charge < -0.3 is 10.4 Å². The molecule has 0 radical (unpaired) electrons. The Morgan fingerprint density at radius 1 is 1.14 bits per heavy atom. The van der Waals surface area contributed by atoms with Gasteiger partial charge in [0.05, 0.1) is 35.4 Å². The Morgan fingerprint density at radius 2 is 2.03 bits per heavy atom. The molecule has 9 nitrogen and oxygen atoms in total. The fourth-order valence-electron chi connectivity index (χ4n) is 3.67. The van der Waals surface area contributed by atoms with Gasteiger partial charge in [0.15, 0.2) is 5.13 Å². The fraction of sp³-hybridized carbons (Fsp3) is 0.125. The standard InChI is InChI=1S/C24H20FN7O2S/c1-14-21(23(34)31-24-26-10-19(12-33)35-24)22(28-13-27-14)30-18-5-6-20-16(8-18)9-29-32(20)11-15-3-2-4-17(25)7-15/h2-10,13,33H,11-12H2,1H3,(H,26,31,34)(H,27,28,30). The highest BCUT2D eigenvalue weighted by molar-refractivity contribution is 7.15. The maximum atomic E-state index is 13.5. The molecule has 2 aromatic carbocycles. The molecule has 0 saturated carbocycles. The lowest BCUT2D eigenvalue weighted by molar-refractivity contribution is 0.102. The summed E-state index contributed by atoms with van der Waals surface area (Å²) in [6, 6.07) is 12.1. The van der Waals surface area contributed by atoms with Crippen molar-refractivity contribution in [1.82, 2.24) is 24.7 Å². The summed E-state index contributed by atoms with van der Waals surface area (Å²) >= 11 is 1.19. The Kier molecular flexibility index (Phi) is 6.17. The van der Waals surface area contributed by atoms with Crippen molar-refractivity contribution in [1.29, 1.82) is 0 Å². The quantitative estimate of drug-likeness (QED) is 0.313. The number of thiazole rings is 1. The van der Waals surface area contributed by atoms with Crippen molar-refractivity contribution < 1.29 is 14.3 Å². The van der Waals surface area contributed by atoms with Crippen LogP contribution in [0.1, 0.15) is 26.5 Å². The van der Waals surface area contributed by atoms with Gasteiger partial charge in [0.2, 0.25) is 0 Å². The SMILES string of the molecule is Cc1ncnc(Nc2ccc3c(cnn3Cc3cccc(F)c3)c2)c1C(=O)Nc1ncc(CO)s1. The molecule has 3 aromatic heterocycles. The molecule has 11 heteroatoms. The molecule has 35 heavy (non-hydrogen) atoms. The van der Waals surface area contributed by atoms with E-state index in [1.165, 1.54) is 36.0 Å². The zero-order valence-electron chi connectivity index (χ0n) is 18.6. The Balaban J connectivity index is 1.39. The summed E-state index contributed by atoms with van der Waals surface area (Å²) < 4.78 is 15.3. The Bertz CT molecular complexity index is 1530. The highest BCUT2D eigenvalue weighted by atomic mass is 32.1. The van der Waals surface area contributed by atoms with Crippen LogP contribution in [-0.4, -0.2) is 35.7 Å². The largest absolute Gasteiger partial charge is 0.391 e. The third-order valence-electron chi connectivity index (χ3n) is 5.32. The minimum atomic E-state index is -0.409. The number of halogens is 1. The van der Waals surface area contributed by atoms with Crippen molar-refractivity contribution in [2.24, 2.45) is 0 Å². The van der Waals surface area contributed by atoms with Crippen molar-refractivity contribution in [3.63, 3.8) is 0 Å². The van der Waals surface area contributed by atoms with Gasteiger partial charge in [0.1, 0.15) is 23.5 Å². The molecule has 0 fully saturated rings. The van der Waals surface area contributed by atoms with E-state index in [1.54, 1.807) is 23.9 Å². The Hall–Kier alpha value is -4.22. The summed E-state index contributed by atoms with van der Waals surface area (Å²) in [7, 11) is 0. The van der Waals surface area contributed by atoms with E-state index in [1.807, 2.05) is 24.3 Å². The summed E-state index contributed by atoms with van der Waals surface area (Å²) in [6.07, 6.45) is 4.63. The zero-order valence-corrected chi connectivity index (χ0v) is 19.4. The van der Waals surface area contributed by atoms with Crippen molar-refractivity contribution in [2.45, 2.75) is 20.1 Å². The first-order valence-electron chi connectivity index (χ1n) is 10.7. The first-order valence-corrected chi connectivity index (χ1v) is 11.5. The maximum absolute atomic E-state index is 13.5. The summed E-state index contributed by atoms with van der Waals surface area (Å²) in [4.78, 5) is 26.2. The number of anilines is 3. The topological polar surface area (TPSA) is 118 Å². The molecule has 0 aliphatic rings. The highest BCUT2D eigenvalue weighted by Gasteiger charge is 2.19. The van der Waals surface area contributed by atoms with E-state index in [0.29, 0.717) is 33.8 Å². The number of benzene rings is 2. The van der Waals surface area contributed by atoms with E-state index >= 15 is 0 Å². The summed E-state index contributed by atoms with van der Waals surface area (Å²) in [6.45, 7) is 2.02. The van der Waals surface area contributed by atoms with E-state index in [2.05, 4.69) is 30.7 Å². The molecule has 0 aliphatic heterocycles. The molecule has 5 aromatic rings. The average molecular weight is 490 g/mol. The van der Waals surface area contributed by atoms with Gasteiger partial charge in [-0.1, -0.05) is 23.5 Å². The number of aliphatic hydroxyl groups excluding tert-OH is 1. The van der Waals surface area contributed by atoms with E-state index in [0.717, 1.165) is 16.5 Å². The van der Waals surface area contributed by atoms with Crippen LogP contribution in [0.4, 0.5) is 21.0 Å². The number of rotatable bonds is 7. The molecule has 0 atom stereocenters. The molecule has 0 saturated heterocycles. The lowest BCUT2D eigenvalue weighted by atomic mass is 10.2. The van der Waals surface area contributed by atoms with E-state index in [9.17, 15) is 14.3 Å². The lowest BCUT2D eigenvalue weighted by Gasteiger charge is -2.12. The average Bonchev–Trinajstić information content (AvgIpc) is 3.45. The number of nitrogens with zero attached hydrogens (tertiary/aromatic N) is 5. The zero-order chi connectivity index (χ0) is 24.4. The van der Waals surface area contributed by atoms with Crippen LogP contribution in [0.15, 0.2) is 61.2 Å². The molecule has 0 bridgehead atoms. The minimum Gasteiger partial charge on any atom is -0.391 e. The number of aryl methyl sites for hydroxylation is 1. The second-order valence-electron chi connectivity index (χ2n) is 7.76. The maximum Gasteiger partial charge on any atom is 0.263 e. The Labute approximate surface area is 203 Å².